The third-order valence-electron chi connectivity index (χ3n) is 2.74. The largest absolute Gasteiger partial charge is 0.372 e. The summed E-state index contributed by atoms with van der Waals surface area (Å²) in [6.07, 6.45) is 3.03. The minimum absolute atomic E-state index is 0.140. The van der Waals surface area contributed by atoms with Crippen LogP contribution in [0.4, 0.5) is 5.82 Å². The van der Waals surface area contributed by atoms with Gasteiger partial charge in [-0.15, -0.1) is 0 Å². The van der Waals surface area contributed by atoms with Crippen LogP contribution in [0.15, 0.2) is 42.7 Å². The third kappa shape index (κ3) is 3.28. The van der Waals surface area contributed by atoms with Crippen LogP contribution < -0.4 is 5.32 Å². The van der Waals surface area contributed by atoms with E-state index in [9.17, 15) is 4.79 Å². The van der Waals surface area contributed by atoms with E-state index >= 15 is 0 Å². The van der Waals surface area contributed by atoms with Gasteiger partial charge in [-0.1, -0.05) is 30.3 Å². The minimum atomic E-state index is -0.140. The van der Waals surface area contributed by atoms with Gasteiger partial charge in [0.2, 0.25) is 0 Å². The van der Waals surface area contributed by atoms with Gasteiger partial charge in [0.1, 0.15) is 11.5 Å². The van der Waals surface area contributed by atoms with Crippen molar-refractivity contribution in [3.63, 3.8) is 0 Å². The molecule has 2 aromatic rings. The molecule has 0 unspecified atom stereocenters. The highest BCUT2D eigenvalue weighted by Crippen LogP contribution is 2.07. The smallest absolute Gasteiger partial charge is 0.274 e. The number of rotatable bonds is 4. The number of aromatic nitrogens is 2. The molecule has 0 aliphatic heterocycles. The van der Waals surface area contributed by atoms with E-state index in [1.807, 2.05) is 30.3 Å². The zero-order chi connectivity index (χ0) is 13.7. The van der Waals surface area contributed by atoms with Crippen LogP contribution in [0.1, 0.15) is 16.1 Å². The Labute approximate surface area is 112 Å². The van der Waals surface area contributed by atoms with E-state index in [2.05, 4.69) is 15.3 Å². The summed E-state index contributed by atoms with van der Waals surface area (Å²) in [5, 5.41) is 2.86. The molecule has 0 bridgehead atoms. The fraction of sp³-hybridized carbons (Fsp3) is 0.214. The molecule has 0 spiro atoms. The minimum Gasteiger partial charge on any atom is -0.372 e. The van der Waals surface area contributed by atoms with Crippen LogP contribution >= 0.6 is 0 Å². The van der Waals surface area contributed by atoms with Crippen LogP contribution in [0.2, 0.25) is 0 Å². The first-order valence-electron chi connectivity index (χ1n) is 6.00. The molecule has 2 rings (SSSR count). The number of carbonyl (C=O) groups is 1. The predicted octanol–water partition coefficient (Wildman–Crippen LogP) is 1.79. The first-order chi connectivity index (χ1) is 9.20. The average Bonchev–Trinajstić information content (AvgIpc) is 2.47. The van der Waals surface area contributed by atoms with Crippen molar-refractivity contribution in [2.75, 3.05) is 19.4 Å². The summed E-state index contributed by atoms with van der Waals surface area (Å²) in [5.41, 5.74) is 1.43. The van der Waals surface area contributed by atoms with Gasteiger partial charge in [-0.05, 0) is 5.56 Å². The van der Waals surface area contributed by atoms with Gasteiger partial charge >= 0.3 is 0 Å². The van der Waals surface area contributed by atoms with Gasteiger partial charge in [0.15, 0.2) is 0 Å². The van der Waals surface area contributed by atoms with Crippen LogP contribution in [0.3, 0.4) is 0 Å². The van der Waals surface area contributed by atoms with E-state index in [1.54, 1.807) is 25.2 Å². The van der Waals surface area contributed by atoms with Crippen molar-refractivity contribution in [2.45, 2.75) is 6.54 Å². The van der Waals surface area contributed by atoms with Gasteiger partial charge in [0.25, 0.3) is 5.91 Å². The number of hydrogen-bond acceptors (Lipinski definition) is 4. The number of carbonyl (C=O) groups excluding carboxylic acids is 1. The van der Waals surface area contributed by atoms with Gasteiger partial charge in [-0.25, -0.2) is 9.97 Å². The molecular weight excluding hydrogens is 240 g/mol. The first kappa shape index (κ1) is 13.0. The Kier molecular flexibility index (Phi) is 4.07. The lowest BCUT2D eigenvalue weighted by molar-refractivity contribution is 0.0779. The molecule has 1 heterocycles. The van der Waals surface area contributed by atoms with E-state index in [0.29, 0.717) is 18.1 Å². The van der Waals surface area contributed by atoms with Gasteiger partial charge in [-0.2, -0.15) is 0 Å². The molecule has 1 amide bonds. The van der Waals surface area contributed by atoms with Gasteiger partial charge in [0, 0.05) is 20.6 Å². The van der Waals surface area contributed by atoms with E-state index < -0.39 is 0 Å². The molecule has 19 heavy (non-hydrogen) atoms. The van der Waals surface area contributed by atoms with E-state index in [4.69, 9.17) is 0 Å². The van der Waals surface area contributed by atoms with E-state index in [-0.39, 0.29) is 5.91 Å². The summed E-state index contributed by atoms with van der Waals surface area (Å²) in [4.78, 5) is 22.0. The Morgan fingerprint density at radius 3 is 2.53 bits per heavy atom. The quantitative estimate of drug-likeness (QED) is 0.906. The van der Waals surface area contributed by atoms with Crippen LogP contribution in [0.5, 0.6) is 0 Å². The zero-order valence-electron chi connectivity index (χ0n) is 11.0. The second kappa shape index (κ2) is 5.95. The topological polar surface area (TPSA) is 58.1 Å². The van der Waals surface area contributed by atoms with Crippen molar-refractivity contribution in [1.82, 2.24) is 14.9 Å². The van der Waals surface area contributed by atoms with Crippen LogP contribution in [0.25, 0.3) is 0 Å². The second-order valence-corrected chi connectivity index (χ2v) is 4.18. The maximum Gasteiger partial charge on any atom is 0.274 e. The second-order valence-electron chi connectivity index (χ2n) is 4.18. The van der Waals surface area contributed by atoms with Crippen LogP contribution in [0, 0.1) is 0 Å². The number of nitrogens with one attached hydrogen (secondary N) is 1. The number of amides is 1. The Morgan fingerprint density at radius 2 is 1.95 bits per heavy atom. The molecule has 0 atom stereocenters. The molecule has 1 N–H and O–H groups in total. The summed E-state index contributed by atoms with van der Waals surface area (Å²) >= 11 is 0. The fourth-order valence-electron chi connectivity index (χ4n) is 1.69. The van der Waals surface area contributed by atoms with E-state index in [0.717, 1.165) is 5.56 Å². The predicted molar refractivity (Wildman–Crippen MR) is 73.8 cm³/mol. The van der Waals surface area contributed by atoms with Gasteiger partial charge in [0.05, 0.1) is 12.4 Å². The molecule has 5 nitrogen and oxygen atoms in total. The van der Waals surface area contributed by atoms with Gasteiger partial charge in [-0.3, -0.25) is 4.79 Å². The van der Waals surface area contributed by atoms with Crippen molar-refractivity contribution in [3.05, 3.63) is 54.0 Å². The average molecular weight is 256 g/mol. The summed E-state index contributed by atoms with van der Waals surface area (Å²) in [6.45, 7) is 0.551. The highest BCUT2D eigenvalue weighted by atomic mass is 16.2. The van der Waals surface area contributed by atoms with Crippen molar-refractivity contribution in [2.24, 2.45) is 0 Å². The maximum absolute atomic E-state index is 12.2. The van der Waals surface area contributed by atoms with Crippen molar-refractivity contribution in [3.8, 4) is 0 Å². The lowest BCUT2D eigenvalue weighted by atomic mass is 10.2. The van der Waals surface area contributed by atoms with E-state index in [1.165, 1.54) is 6.20 Å². The lowest BCUT2D eigenvalue weighted by Crippen LogP contribution is -2.27. The van der Waals surface area contributed by atoms with Crippen LogP contribution in [-0.4, -0.2) is 34.9 Å². The normalized spacial score (nSPS) is 10.0. The molecule has 1 aromatic carbocycles. The molecule has 0 saturated heterocycles. The molecule has 0 fully saturated rings. The van der Waals surface area contributed by atoms with Crippen molar-refractivity contribution in [1.29, 1.82) is 0 Å². The maximum atomic E-state index is 12.2. The Morgan fingerprint density at radius 1 is 1.21 bits per heavy atom. The molecular formula is C14H16N4O. The summed E-state index contributed by atoms with van der Waals surface area (Å²) in [5.74, 6) is 0.501. The number of anilines is 1. The van der Waals surface area contributed by atoms with Crippen molar-refractivity contribution < 1.29 is 4.79 Å². The highest BCUT2D eigenvalue weighted by Gasteiger charge is 2.13. The summed E-state index contributed by atoms with van der Waals surface area (Å²) < 4.78 is 0. The summed E-state index contributed by atoms with van der Waals surface area (Å²) in [7, 11) is 3.51. The standard InChI is InChI=1S/C14H16N4O/c1-15-13-9-16-12(8-17-13)14(19)18(2)10-11-6-4-3-5-7-11/h3-9H,10H2,1-2H3,(H,15,17). The molecule has 98 valence electrons. The first-order valence-corrected chi connectivity index (χ1v) is 6.00. The molecule has 1 aromatic heterocycles. The molecule has 0 radical (unpaired) electrons. The monoisotopic (exact) mass is 256 g/mol. The molecule has 5 heteroatoms. The highest BCUT2D eigenvalue weighted by molar-refractivity contribution is 5.91. The lowest BCUT2D eigenvalue weighted by Gasteiger charge is -2.16. The molecule has 0 aliphatic rings. The van der Waals surface area contributed by atoms with Crippen molar-refractivity contribution >= 4 is 11.7 Å². The Hall–Kier alpha value is -2.43. The molecule has 0 saturated carbocycles. The SMILES string of the molecule is CNc1cnc(C(=O)N(C)Cc2ccccc2)cn1. The Bertz CT molecular complexity index is 539. The number of benzene rings is 1. The van der Waals surface area contributed by atoms with Crippen LogP contribution in [-0.2, 0) is 6.54 Å². The Balaban J connectivity index is 2.06. The zero-order valence-corrected chi connectivity index (χ0v) is 11.0. The molecule has 0 aliphatic carbocycles. The number of nitrogens with zero attached hydrogens (tertiary/aromatic N) is 3. The summed E-state index contributed by atoms with van der Waals surface area (Å²) in [6, 6.07) is 9.83. The fourth-order valence-corrected chi connectivity index (χ4v) is 1.69. The third-order valence-corrected chi connectivity index (χ3v) is 2.74. The number of hydrogen-bond donors (Lipinski definition) is 1. The van der Waals surface area contributed by atoms with Gasteiger partial charge < -0.3 is 10.2 Å².